The van der Waals surface area contributed by atoms with E-state index >= 15 is 0 Å². The summed E-state index contributed by atoms with van der Waals surface area (Å²) in [5.74, 6) is 0.597. The molecule has 116 valence electrons. The summed E-state index contributed by atoms with van der Waals surface area (Å²) in [5, 5.41) is 0. The van der Waals surface area contributed by atoms with Gasteiger partial charge in [0.2, 0.25) is 0 Å². The third-order valence-electron chi connectivity index (χ3n) is 3.08. The van der Waals surface area contributed by atoms with E-state index in [1.54, 1.807) is 10.8 Å². The van der Waals surface area contributed by atoms with Crippen LogP contribution in [0.25, 0.3) is 0 Å². The second-order valence-corrected chi connectivity index (χ2v) is 6.25. The van der Waals surface area contributed by atoms with Crippen LogP contribution in [0.3, 0.4) is 0 Å². The molecule has 0 fully saturated rings. The molecule has 1 aromatic heterocycles. The van der Waals surface area contributed by atoms with Crippen LogP contribution in [-0.2, 0) is 11.2 Å². The third-order valence-corrected chi connectivity index (χ3v) is 3.08. The fourth-order valence-electron chi connectivity index (χ4n) is 1.73. The van der Waals surface area contributed by atoms with E-state index in [0.717, 1.165) is 12.1 Å². The Hall–Kier alpha value is -1.77. The fraction of sp³-hybridized carbons (Fsp3) is 0.500. The zero-order chi connectivity index (χ0) is 15.9. The first-order valence-corrected chi connectivity index (χ1v) is 7.56. The number of ether oxygens (including phenoxy) is 1. The number of carbonyl (C=O) groups is 1. The minimum atomic E-state index is -0.479. The van der Waals surface area contributed by atoms with E-state index in [1.807, 2.05) is 39.0 Å². The van der Waals surface area contributed by atoms with Crippen LogP contribution >= 0.6 is 0 Å². The first-order valence-electron chi connectivity index (χ1n) is 7.56. The number of rotatable bonds is 5. The van der Waals surface area contributed by atoms with Gasteiger partial charge in [0.05, 0.1) is 0 Å². The standard InChI is InChI=1S/C18H27NO2/c1-6-15(2)11-8-7-9-12-16-13-10-14-19(16)17(20)21-18(3,4)5/h7-11,13-15H,6,12H2,1-5H3/b9-7+,11-8+/t15-/m0/s1. The molecule has 0 bridgehead atoms. The highest BCUT2D eigenvalue weighted by Gasteiger charge is 2.18. The molecule has 0 aliphatic heterocycles. The molecular weight excluding hydrogens is 262 g/mol. The molecule has 3 heteroatoms. The Morgan fingerprint density at radius 2 is 2.10 bits per heavy atom. The first-order chi connectivity index (χ1) is 9.83. The van der Waals surface area contributed by atoms with Crippen LogP contribution in [0.5, 0.6) is 0 Å². The summed E-state index contributed by atoms with van der Waals surface area (Å²) in [6.07, 6.45) is 11.6. The van der Waals surface area contributed by atoms with Gasteiger partial charge in [0.15, 0.2) is 0 Å². The number of allylic oxidation sites excluding steroid dienone is 4. The van der Waals surface area contributed by atoms with Gasteiger partial charge in [-0.05, 0) is 38.8 Å². The third kappa shape index (κ3) is 6.48. The van der Waals surface area contributed by atoms with Gasteiger partial charge in [0.25, 0.3) is 0 Å². The molecule has 0 amide bonds. The number of aromatic nitrogens is 1. The molecule has 0 aliphatic rings. The van der Waals surface area contributed by atoms with Crippen molar-refractivity contribution in [3.63, 3.8) is 0 Å². The topological polar surface area (TPSA) is 31.2 Å². The minimum Gasteiger partial charge on any atom is -0.443 e. The second-order valence-electron chi connectivity index (χ2n) is 6.25. The zero-order valence-electron chi connectivity index (χ0n) is 13.8. The Kier molecular flexibility index (Phi) is 6.47. The van der Waals surface area contributed by atoms with Crippen molar-refractivity contribution in [3.05, 3.63) is 48.3 Å². The number of carbonyl (C=O) groups excluding carboxylic acids is 1. The van der Waals surface area contributed by atoms with Crippen molar-refractivity contribution >= 4 is 6.09 Å². The quantitative estimate of drug-likeness (QED) is 0.716. The molecule has 0 aliphatic carbocycles. The average molecular weight is 289 g/mol. The zero-order valence-corrected chi connectivity index (χ0v) is 13.8. The summed E-state index contributed by atoms with van der Waals surface area (Å²) in [5.41, 5.74) is 0.450. The summed E-state index contributed by atoms with van der Waals surface area (Å²) in [6.45, 7) is 9.97. The van der Waals surface area contributed by atoms with E-state index in [1.165, 1.54) is 0 Å². The average Bonchev–Trinajstić information content (AvgIpc) is 2.84. The van der Waals surface area contributed by atoms with E-state index in [9.17, 15) is 4.79 Å². The summed E-state index contributed by atoms with van der Waals surface area (Å²) >= 11 is 0. The Morgan fingerprint density at radius 1 is 1.38 bits per heavy atom. The molecule has 0 saturated heterocycles. The normalized spacial score (nSPS) is 14.0. The largest absolute Gasteiger partial charge is 0.443 e. The van der Waals surface area contributed by atoms with Crippen LogP contribution in [0.4, 0.5) is 4.79 Å². The highest BCUT2D eigenvalue weighted by molar-refractivity contribution is 5.72. The molecule has 1 atom stereocenters. The molecule has 0 radical (unpaired) electrons. The maximum Gasteiger partial charge on any atom is 0.418 e. The predicted octanol–water partition coefficient (Wildman–Crippen LogP) is 4.97. The van der Waals surface area contributed by atoms with Crippen molar-refractivity contribution in [2.45, 2.75) is 53.1 Å². The van der Waals surface area contributed by atoms with Crippen LogP contribution in [0.2, 0.25) is 0 Å². The smallest absolute Gasteiger partial charge is 0.418 e. The van der Waals surface area contributed by atoms with Gasteiger partial charge in [-0.25, -0.2) is 4.79 Å². The molecular formula is C18H27NO2. The Morgan fingerprint density at radius 3 is 2.71 bits per heavy atom. The fourth-order valence-corrected chi connectivity index (χ4v) is 1.73. The van der Waals surface area contributed by atoms with Crippen molar-refractivity contribution in [2.24, 2.45) is 5.92 Å². The molecule has 0 unspecified atom stereocenters. The second kappa shape index (κ2) is 7.87. The Labute approximate surface area is 128 Å². The van der Waals surface area contributed by atoms with Crippen LogP contribution < -0.4 is 0 Å². The lowest BCUT2D eigenvalue weighted by Gasteiger charge is -2.20. The van der Waals surface area contributed by atoms with Gasteiger partial charge in [-0.1, -0.05) is 44.6 Å². The van der Waals surface area contributed by atoms with Gasteiger partial charge in [0.1, 0.15) is 5.60 Å². The van der Waals surface area contributed by atoms with Gasteiger partial charge in [-0.2, -0.15) is 0 Å². The summed E-state index contributed by atoms with van der Waals surface area (Å²) in [6, 6.07) is 3.80. The molecule has 0 N–H and O–H groups in total. The molecule has 3 nitrogen and oxygen atoms in total. The Bertz CT molecular complexity index is 504. The van der Waals surface area contributed by atoms with Gasteiger partial charge in [0, 0.05) is 18.3 Å². The van der Waals surface area contributed by atoms with Crippen LogP contribution in [0, 0.1) is 5.92 Å². The maximum atomic E-state index is 12.1. The van der Waals surface area contributed by atoms with Crippen molar-refractivity contribution < 1.29 is 9.53 Å². The summed E-state index contributed by atoms with van der Waals surface area (Å²) < 4.78 is 6.95. The predicted molar refractivity (Wildman–Crippen MR) is 87.5 cm³/mol. The van der Waals surface area contributed by atoms with E-state index in [2.05, 4.69) is 32.1 Å². The van der Waals surface area contributed by atoms with Crippen molar-refractivity contribution in [1.82, 2.24) is 4.57 Å². The lowest BCUT2D eigenvalue weighted by Crippen LogP contribution is -2.27. The SMILES string of the molecule is CC[C@H](C)/C=C/C=C/Cc1cccn1C(=O)OC(C)(C)C. The molecule has 21 heavy (non-hydrogen) atoms. The van der Waals surface area contributed by atoms with E-state index in [-0.39, 0.29) is 6.09 Å². The van der Waals surface area contributed by atoms with Gasteiger partial charge >= 0.3 is 6.09 Å². The molecule has 0 saturated carbocycles. The monoisotopic (exact) mass is 289 g/mol. The summed E-state index contributed by atoms with van der Waals surface area (Å²) in [7, 11) is 0. The van der Waals surface area contributed by atoms with Crippen LogP contribution in [-0.4, -0.2) is 16.3 Å². The lowest BCUT2D eigenvalue weighted by molar-refractivity contribution is 0.0533. The maximum absolute atomic E-state index is 12.1. The molecule has 1 heterocycles. The number of hydrogen-bond acceptors (Lipinski definition) is 2. The highest BCUT2D eigenvalue weighted by Crippen LogP contribution is 2.12. The van der Waals surface area contributed by atoms with E-state index < -0.39 is 5.60 Å². The van der Waals surface area contributed by atoms with Gasteiger partial charge < -0.3 is 4.74 Å². The molecule has 0 spiro atoms. The Balaban J connectivity index is 2.62. The van der Waals surface area contributed by atoms with Gasteiger partial charge in [-0.15, -0.1) is 0 Å². The van der Waals surface area contributed by atoms with Crippen molar-refractivity contribution in [2.75, 3.05) is 0 Å². The van der Waals surface area contributed by atoms with E-state index in [0.29, 0.717) is 12.3 Å². The molecule has 0 aromatic carbocycles. The van der Waals surface area contributed by atoms with Crippen molar-refractivity contribution in [1.29, 1.82) is 0 Å². The van der Waals surface area contributed by atoms with E-state index in [4.69, 9.17) is 4.74 Å². The molecule has 1 rings (SSSR count). The number of nitrogens with zero attached hydrogens (tertiary/aromatic N) is 1. The van der Waals surface area contributed by atoms with Crippen molar-refractivity contribution in [3.8, 4) is 0 Å². The van der Waals surface area contributed by atoms with Crippen LogP contribution in [0.1, 0.15) is 46.7 Å². The highest BCUT2D eigenvalue weighted by atomic mass is 16.6. The summed E-state index contributed by atoms with van der Waals surface area (Å²) in [4.78, 5) is 12.1. The molecule has 1 aromatic rings. The number of hydrogen-bond donors (Lipinski definition) is 0. The lowest BCUT2D eigenvalue weighted by atomic mass is 10.1. The minimum absolute atomic E-state index is 0.328. The first kappa shape index (κ1) is 17.3. The van der Waals surface area contributed by atoms with Crippen LogP contribution in [0.15, 0.2) is 42.6 Å². The van der Waals surface area contributed by atoms with Gasteiger partial charge in [-0.3, -0.25) is 4.57 Å².